The number of benzene rings is 1. The first-order chi connectivity index (χ1) is 13.5. The van der Waals surface area contributed by atoms with Crippen LogP contribution in [0.2, 0.25) is 0 Å². The quantitative estimate of drug-likeness (QED) is 0.534. The van der Waals surface area contributed by atoms with Gasteiger partial charge in [-0.3, -0.25) is 4.79 Å². The standard InChI is InChI=1S/C20H27N7O/c1-13(2)27-19(22-23-24-27)18(26-10-8-25(4)9-11-26)16-12-15-7-5-6-14(3)17(15)21-20(16)28/h5-7,12-13,18H,8-11H2,1-4H3,(H,21,28)/p+2/t18-/m1/s1. The lowest BCUT2D eigenvalue weighted by atomic mass is 10.0. The van der Waals surface area contributed by atoms with E-state index in [1.165, 1.54) is 9.80 Å². The maximum atomic E-state index is 13.2. The van der Waals surface area contributed by atoms with Crippen molar-refractivity contribution in [3.8, 4) is 0 Å². The molecule has 1 aliphatic heterocycles. The monoisotopic (exact) mass is 383 g/mol. The van der Waals surface area contributed by atoms with Crippen molar-refractivity contribution in [3.05, 3.63) is 51.6 Å². The molecule has 0 spiro atoms. The molecule has 3 aromatic rings. The molecule has 0 saturated carbocycles. The molecule has 3 N–H and O–H groups in total. The van der Waals surface area contributed by atoms with Gasteiger partial charge >= 0.3 is 0 Å². The van der Waals surface area contributed by atoms with Gasteiger partial charge in [0.2, 0.25) is 5.82 Å². The number of rotatable bonds is 4. The number of H-pyrrole nitrogens is 1. The molecule has 148 valence electrons. The van der Waals surface area contributed by atoms with Crippen LogP contribution < -0.4 is 15.4 Å². The van der Waals surface area contributed by atoms with Crippen molar-refractivity contribution in [3.63, 3.8) is 0 Å². The Morgan fingerprint density at radius 1 is 1.18 bits per heavy atom. The summed E-state index contributed by atoms with van der Waals surface area (Å²) in [5, 5.41) is 13.6. The Hall–Kier alpha value is -2.58. The number of aromatic nitrogens is 5. The van der Waals surface area contributed by atoms with E-state index in [0.29, 0.717) is 0 Å². The van der Waals surface area contributed by atoms with Crippen molar-refractivity contribution in [1.82, 2.24) is 25.2 Å². The normalized spacial score (nSPS) is 21.3. The van der Waals surface area contributed by atoms with Gasteiger partial charge in [0.1, 0.15) is 26.2 Å². The summed E-state index contributed by atoms with van der Waals surface area (Å²) >= 11 is 0. The van der Waals surface area contributed by atoms with Gasteiger partial charge in [0.05, 0.1) is 24.2 Å². The topological polar surface area (TPSA) is 85.3 Å². The van der Waals surface area contributed by atoms with Crippen molar-refractivity contribution < 1.29 is 9.80 Å². The number of likely N-dealkylation sites (N-methyl/N-ethyl adjacent to an activating group) is 1. The Kier molecular flexibility index (Phi) is 4.99. The molecule has 4 rings (SSSR count). The maximum Gasteiger partial charge on any atom is 0.258 e. The molecule has 1 aromatic carbocycles. The minimum atomic E-state index is -0.181. The van der Waals surface area contributed by atoms with Gasteiger partial charge in [0, 0.05) is 0 Å². The molecular weight excluding hydrogens is 354 g/mol. The number of fused-ring (bicyclic) bond motifs is 1. The fourth-order valence-electron chi connectivity index (χ4n) is 4.20. The summed E-state index contributed by atoms with van der Waals surface area (Å²) in [7, 11) is 2.22. The van der Waals surface area contributed by atoms with Gasteiger partial charge in [-0.1, -0.05) is 18.2 Å². The number of hydrogen-bond acceptors (Lipinski definition) is 4. The van der Waals surface area contributed by atoms with Crippen molar-refractivity contribution in [1.29, 1.82) is 0 Å². The van der Waals surface area contributed by atoms with Crippen LogP contribution in [0.5, 0.6) is 0 Å². The lowest BCUT2D eigenvalue weighted by Gasteiger charge is -2.32. The molecule has 1 aliphatic rings. The lowest BCUT2D eigenvalue weighted by molar-refractivity contribution is -1.02. The number of tetrazole rings is 1. The number of aryl methyl sites for hydroxylation is 1. The van der Waals surface area contributed by atoms with E-state index in [1.807, 2.05) is 35.9 Å². The van der Waals surface area contributed by atoms with Crippen LogP contribution in [0.1, 0.15) is 42.9 Å². The highest BCUT2D eigenvalue weighted by Crippen LogP contribution is 2.21. The molecule has 0 unspecified atom stereocenters. The molecule has 8 heteroatoms. The number of piperazine rings is 1. The molecule has 1 atom stereocenters. The average molecular weight is 384 g/mol. The Morgan fingerprint density at radius 3 is 2.64 bits per heavy atom. The average Bonchev–Trinajstić information content (AvgIpc) is 3.14. The summed E-state index contributed by atoms with van der Waals surface area (Å²) in [5.74, 6) is 0.766. The van der Waals surface area contributed by atoms with E-state index in [9.17, 15) is 4.79 Å². The Balaban J connectivity index is 1.88. The third kappa shape index (κ3) is 3.33. The first kappa shape index (κ1) is 18.8. The fourth-order valence-corrected chi connectivity index (χ4v) is 4.20. The number of aromatic amines is 1. The molecule has 2 aromatic heterocycles. The van der Waals surface area contributed by atoms with Crippen LogP contribution in [0.15, 0.2) is 29.1 Å². The molecule has 1 saturated heterocycles. The summed E-state index contributed by atoms with van der Waals surface area (Å²) in [4.78, 5) is 19.1. The zero-order valence-electron chi connectivity index (χ0n) is 17.0. The molecule has 0 radical (unpaired) electrons. The number of quaternary nitrogens is 2. The van der Waals surface area contributed by atoms with E-state index in [1.54, 1.807) is 0 Å². The van der Waals surface area contributed by atoms with Gasteiger partial charge in [-0.15, -0.1) is 5.10 Å². The fraction of sp³-hybridized carbons (Fsp3) is 0.500. The first-order valence-corrected chi connectivity index (χ1v) is 10.0. The van der Waals surface area contributed by atoms with Crippen LogP contribution in [-0.4, -0.2) is 58.4 Å². The zero-order chi connectivity index (χ0) is 19.8. The number of nitrogens with one attached hydrogen (secondary N) is 3. The van der Waals surface area contributed by atoms with Gasteiger partial charge < -0.3 is 14.8 Å². The van der Waals surface area contributed by atoms with Crippen LogP contribution in [0.25, 0.3) is 10.9 Å². The Morgan fingerprint density at radius 2 is 1.93 bits per heavy atom. The first-order valence-electron chi connectivity index (χ1n) is 10.0. The van der Waals surface area contributed by atoms with E-state index >= 15 is 0 Å². The van der Waals surface area contributed by atoms with E-state index in [0.717, 1.165) is 54.0 Å². The van der Waals surface area contributed by atoms with Crippen molar-refractivity contribution >= 4 is 10.9 Å². The summed E-state index contributed by atoms with van der Waals surface area (Å²) in [6.07, 6.45) is 0. The highest BCUT2D eigenvalue weighted by Gasteiger charge is 2.37. The smallest absolute Gasteiger partial charge is 0.258 e. The Labute approximate surface area is 164 Å². The SMILES string of the molecule is Cc1cccc2cc([C@H](c3nnnn3C(C)C)[NH+]3CC[NH+](C)CC3)c(=O)[nH]c12. The van der Waals surface area contributed by atoms with Crippen LogP contribution >= 0.6 is 0 Å². The third-order valence-corrected chi connectivity index (χ3v) is 5.85. The summed E-state index contributed by atoms with van der Waals surface area (Å²) in [6, 6.07) is 8.07. The minimum Gasteiger partial charge on any atom is -0.328 e. The number of para-hydroxylation sites is 1. The Bertz CT molecular complexity index is 1030. The van der Waals surface area contributed by atoms with E-state index in [2.05, 4.69) is 41.4 Å². The molecule has 0 aliphatic carbocycles. The minimum absolute atomic E-state index is 0.0520. The van der Waals surface area contributed by atoms with Crippen LogP contribution in [0.4, 0.5) is 0 Å². The number of hydrogen-bond donors (Lipinski definition) is 3. The van der Waals surface area contributed by atoms with Crippen LogP contribution in [0.3, 0.4) is 0 Å². The molecule has 1 fully saturated rings. The van der Waals surface area contributed by atoms with Gasteiger partial charge in [0.15, 0.2) is 6.04 Å². The number of pyridine rings is 1. The largest absolute Gasteiger partial charge is 0.328 e. The zero-order valence-corrected chi connectivity index (χ0v) is 17.0. The van der Waals surface area contributed by atoms with Crippen molar-refractivity contribution in [2.75, 3.05) is 33.2 Å². The highest BCUT2D eigenvalue weighted by molar-refractivity contribution is 5.82. The van der Waals surface area contributed by atoms with E-state index in [-0.39, 0.29) is 17.6 Å². The molecule has 8 nitrogen and oxygen atoms in total. The lowest BCUT2D eigenvalue weighted by Crippen LogP contribution is -3.27. The predicted molar refractivity (Wildman–Crippen MR) is 107 cm³/mol. The predicted octanol–water partition coefficient (Wildman–Crippen LogP) is -1.09. The third-order valence-electron chi connectivity index (χ3n) is 5.85. The van der Waals surface area contributed by atoms with Crippen molar-refractivity contribution in [2.45, 2.75) is 32.9 Å². The molecule has 0 amide bonds. The maximum absolute atomic E-state index is 13.2. The van der Waals surface area contributed by atoms with E-state index in [4.69, 9.17) is 0 Å². The molecule has 3 heterocycles. The van der Waals surface area contributed by atoms with Gasteiger partial charge in [-0.2, -0.15) is 0 Å². The second kappa shape index (κ2) is 7.44. The molecule has 0 bridgehead atoms. The number of nitrogens with zero attached hydrogens (tertiary/aromatic N) is 4. The second-order valence-corrected chi connectivity index (χ2v) is 8.22. The van der Waals surface area contributed by atoms with Crippen LogP contribution in [0, 0.1) is 6.92 Å². The van der Waals surface area contributed by atoms with Gasteiger partial charge in [0.25, 0.3) is 5.56 Å². The highest BCUT2D eigenvalue weighted by atomic mass is 16.1. The summed E-state index contributed by atoms with van der Waals surface area (Å²) in [6.45, 7) is 10.2. The van der Waals surface area contributed by atoms with Crippen LogP contribution in [-0.2, 0) is 0 Å². The van der Waals surface area contributed by atoms with E-state index < -0.39 is 0 Å². The van der Waals surface area contributed by atoms with Crippen molar-refractivity contribution in [2.24, 2.45) is 0 Å². The molecule has 28 heavy (non-hydrogen) atoms. The summed E-state index contributed by atoms with van der Waals surface area (Å²) in [5.41, 5.74) is 2.66. The second-order valence-electron chi connectivity index (χ2n) is 8.22. The summed E-state index contributed by atoms with van der Waals surface area (Å²) < 4.78 is 1.85. The van der Waals surface area contributed by atoms with Gasteiger partial charge in [-0.05, 0) is 48.2 Å². The van der Waals surface area contributed by atoms with Gasteiger partial charge in [-0.25, -0.2) is 4.68 Å². The molecular formula is C20H29N7O+2.